The summed E-state index contributed by atoms with van der Waals surface area (Å²) in [5.41, 5.74) is 2.28. The molecule has 0 bridgehead atoms. The summed E-state index contributed by atoms with van der Waals surface area (Å²) >= 11 is 6.31. The van der Waals surface area contributed by atoms with Crippen molar-refractivity contribution in [2.24, 2.45) is 5.92 Å². The van der Waals surface area contributed by atoms with E-state index in [1.807, 2.05) is 12.1 Å². The van der Waals surface area contributed by atoms with Crippen molar-refractivity contribution >= 4 is 17.5 Å². The number of hydrogen-bond acceptors (Lipinski definition) is 5. The molecule has 1 atom stereocenters. The number of nitrogens with zero attached hydrogens (tertiary/aromatic N) is 5. The Hall–Kier alpha value is -1.96. The van der Waals surface area contributed by atoms with Crippen LogP contribution in [0.15, 0.2) is 18.2 Å². The molecule has 8 heteroatoms. The average Bonchev–Trinajstić information content (AvgIpc) is 3.15. The van der Waals surface area contributed by atoms with Crippen LogP contribution in [0.5, 0.6) is 0 Å². The standard InChI is InChI=1S/C24H32ClN5O2/c1-28-9-11-29(12-10-28)24(31)17-5-3-16(4-6-17)23-27-26-22-15-20(32-2)14-18-13-19(25)7-8-21(18)30(22)23/h7-8,13,16-17,20H,3-6,9-12,14-15H2,1-2H3. The molecule has 1 aromatic heterocycles. The highest BCUT2D eigenvalue weighted by Gasteiger charge is 2.34. The lowest BCUT2D eigenvalue weighted by molar-refractivity contribution is -0.138. The van der Waals surface area contributed by atoms with Gasteiger partial charge in [-0.1, -0.05) is 11.6 Å². The Labute approximate surface area is 194 Å². The third-order valence-electron chi connectivity index (χ3n) is 7.49. The summed E-state index contributed by atoms with van der Waals surface area (Å²) < 4.78 is 7.95. The number of carbonyl (C=O) groups excluding carboxylic acids is 1. The lowest BCUT2D eigenvalue weighted by Gasteiger charge is -2.36. The van der Waals surface area contributed by atoms with Gasteiger partial charge in [0.15, 0.2) is 0 Å². The van der Waals surface area contributed by atoms with Crippen LogP contribution in [0.3, 0.4) is 0 Å². The summed E-state index contributed by atoms with van der Waals surface area (Å²) in [4.78, 5) is 17.4. The summed E-state index contributed by atoms with van der Waals surface area (Å²) in [6.07, 6.45) is 5.38. The van der Waals surface area contributed by atoms with Crippen molar-refractivity contribution in [3.63, 3.8) is 0 Å². The summed E-state index contributed by atoms with van der Waals surface area (Å²) in [6, 6.07) is 6.05. The maximum absolute atomic E-state index is 13.0. The molecule has 7 nitrogen and oxygen atoms in total. The molecule has 2 fully saturated rings. The molecule has 5 rings (SSSR count). The van der Waals surface area contributed by atoms with E-state index in [9.17, 15) is 4.79 Å². The number of piperazine rings is 1. The van der Waals surface area contributed by atoms with Crippen LogP contribution >= 0.6 is 11.6 Å². The van der Waals surface area contributed by atoms with Crippen LogP contribution in [-0.4, -0.2) is 76.9 Å². The molecule has 1 aliphatic carbocycles. The first-order valence-electron chi connectivity index (χ1n) is 11.8. The highest BCUT2D eigenvalue weighted by molar-refractivity contribution is 6.30. The van der Waals surface area contributed by atoms with Crippen molar-refractivity contribution in [2.45, 2.75) is 50.5 Å². The molecular formula is C24H32ClN5O2. The summed E-state index contributed by atoms with van der Waals surface area (Å²) in [7, 11) is 3.87. The van der Waals surface area contributed by atoms with Crippen molar-refractivity contribution in [1.29, 1.82) is 0 Å². The number of halogens is 1. The van der Waals surface area contributed by atoms with Crippen molar-refractivity contribution in [3.8, 4) is 5.69 Å². The Bertz CT molecular complexity index is 977. The number of methoxy groups -OCH3 is 1. The number of ether oxygens (including phenoxy) is 1. The maximum atomic E-state index is 13.0. The van der Waals surface area contributed by atoms with Gasteiger partial charge in [0, 0.05) is 63.0 Å². The Kier molecular flexibility index (Phi) is 6.23. The molecule has 1 unspecified atom stereocenters. The van der Waals surface area contributed by atoms with Crippen molar-refractivity contribution in [3.05, 3.63) is 40.4 Å². The topological polar surface area (TPSA) is 63.5 Å². The van der Waals surface area contributed by atoms with Crippen LogP contribution in [0.25, 0.3) is 5.69 Å². The van der Waals surface area contributed by atoms with E-state index in [-0.39, 0.29) is 12.0 Å². The zero-order chi connectivity index (χ0) is 22.2. The van der Waals surface area contributed by atoms with Gasteiger partial charge in [-0.2, -0.15) is 0 Å². The smallest absolute Gasteiger partial charge is 0.225 e. The largest absolute Gasteiger partial charge is 0.381 e. The first-order chi connectivity index (χ1) is 15.5. The van der Waals surface area contributed by atoms with Gasteiger partial charge in [0.05, 0.1) is 11.8 Å². The fraction of sp³-hybridized carbons (Fsp3) is 0.625. The molecule has 3 heterocycles. The van der Waals surface area contributed by atoms with Crippen LogP contribution in [0.2, 0.25) is 5.02 Å². The Morgan fingerprint density at radius 2 is 1.81 bits per heavy atom. The number of fused-ring (bicyclic) bond motifs is 3. The van der Waals surface area contributed by atoms with Crippen LogP contribution in [0, 0.1) is 5.92 Å². The number of aromatic nitrogens is 3. The lowest BCUT2D eigenvalue weighted by Crippen LogP contribution is -2.49. The molecule has 32 heavy (non-hydrogen) atoms. The fourth-order valence-corrected chi connectivity index (χ4v) is 5.69. The van der Waals surface area contributed by atoms with E-state index in [1.54, 1.807) is 7.11 Å². The second kappa shape index (κ2) is 9.12. The van der Waals surface area contributed by atoms with Gasteiger partial charge < -0.3 is 14.5 Å². The van der Waals surface area contributed by atoms with E-state index in [0.717, 1.165) is 87.1 Å². The number of hydrogen-bond donors (Lipinski definition) is 0. The molecular weight excluding hydrogens is 426 g/mol. The minimum atomic E-state index is 0.0578. The van der Waals surface area contributed by atoms with Crippen LogP contribution < -0.4 is 0 Å². The molecule has 1 saturated heterocycles. The van der Waals surface area contributed by atoms with Gasteiger partial charge in [0.1, 0.15) is 11.6 Å². The maximum Gasteiger partial charge on any atom is 0.225 e. The van der Waals surface area contributed by atoms with Gasteiger partial charge >= 0.3 is 0 Å². The summed E-state index contributed by atoms with van der Waals surface area (Å²) in [5.74, 6) is 2.77. The van der Waals surface area contributed by atoms with Crippen LogP contribution in [-0.2, 0) is 22.4 Å². The first kappa shape index (κ1) is 21.9. The van der Waals surface area contributed by atoms with Crippen molar-refractivity contribution in [2.75, 3.05) is 40.3 Å². The molecule has 0 N–H and O–H groups in total. The van der Waals surface area contributed by atoms with Gasteiger partial charge in [-0.15, -0.1) is 10.2 Å². The minimum Gasteiger partial charge on any atom is -0.381 e. The summed E-state index contributed by atoms with van der Waals surface area (Å²) in [6.45, 7) is 3.65. The third-order valence-corrected chi connectivity index (χ3v) is 7.72. The highest BCUT2D eigenvalue weighted by atomic mass is 35.5. The fourth-order valence-electron chi connectivity index (χ4n) is 5.50. The number of rotatable bonds is 3. The second-order valence-electron chi connectivity index (χ2n) is 9.53. The number of benzene rings is 1. The minimum absolute atomic E-state index is 0.0578. The third kappa shape index (κ3) is 4.18. The molecule has 1 saturated carbocycles. The van der Waals surface area contributed by atoms with Gasteiger partial charge in [-0.25, -0.2) is 0 Å². The SMILES string of the molecule is COC1Cc2cc(Cl)ccc2-n2c(nnc2C2CCC(C(=O)N3CCN(C)CC3)CC2)C1. The summed E-state index contributed by atoms with van der Waals surface area (Å²) in [5, 5.41) is 9.95. The number of amides is 1. The van der Waals surface area contributed by atoms with Crippen LogP contribution in [0.1, 0.15) is 48.8 Å². The molecule has 0 spiro atoms. The second-order valence-corrected chi connectivity index (χ2v) is 9.96. The Morgan fingerprint density at radius 1 is 1.06 bits per heavy atom. The normalized spacial score (nSPS) is 26.3. The quantitative estimate of drug-likeness (QED) is 0.708. The van der Waals surface area contributed by atoms with Crippen molar-refractivity contribution < 1.29 is 9.53 Å². The predicted molar refractivity (Wildman–Crippen MR) is 123 cm³/mol. The molecule has 2 aliphatic heterocycles. The van der Waals surface area contributed by atoms with E-state index in [1.165, 1.54) is 5.56 Å². The zero-order valence-electron chi connectivity index (χ0n) is 19.0. The van der Waals surface area contributed by atoms with E-state index in [4.69, 9.17) is 16.3 Å². The zero-order valence-corrected chi connectivity index (χ0v) is 19.7. The van der Waals surface area contributed by atoms with E-state index >= 15 is 0 Å². The van der Waals surface area contributed by atoms with Gasteiger partial charge in [0.2, 0.25) is 5.91 Å². The highest BCUT2D eigenvalue weighted by Crippen LogP contribution is 2.38. The Morgan fingerprint density at radius 3 is 2.53 bits per heavy atom. The number of carbonyl (C=O) groups is 1. The van der Waals surface area contributed by atoms with Gasteiger partial charge in [0.25, 0.3) is 0 Å². The van der Waals surface area contributed by atoms with Crippen molar-refractivity contribution in [1.82, 2.24) is 24.6 Å². The first-order valence-corrected chi connectivity index (χ1v) is 12.1. The number of likely N-dealkylation sites (N-methyl/N-ethyl adjacent to an activating group) is 1. The molecule has 2 aromatic rings. The predicted octanol–water partition coefficient (Wildman–Crippen LogP) is 3.08. The molecule has 172 valence electrons. The average molecular weight is 458 g/mol. The molecule has 1 aromatic carbocycles. The van der Waals surface area contributed by atoms with Gasteiger partial charge in [-0.05, 0) is 56.5 Å². The molecule has 3 aliphatic rings. The van der Waals surface area contributed by atoms with E-state index in [2.05, 4.69) is 37.7 Å². The van der Waals surface area contributed by atoms with E-state index in [0.29, 0.717) is 11.8 Å². The molecule has 1 amide bonds. The van der Waals surface area contributed by atoms with E-state index < -0.39 is 0 Å². The van der Waals surface area contributed by atoms with Crippen LogP contribution in [0.4, 0.5) is 0 Å². The molecule has 0 radical (unpaired) electrons. The van der Waals surface area contributed by atoms with Gasteiger partial charge in [-0.3, -0.25) is 9.36 Å². The monoisotopic (exact) mass is 457 g/mol. The lowest BCUT2D eigenvalue weighted by atomic mass is 9.80. The Balaban J connectivity index is 1.34.